The van der Waals surface area contributed by atoms with Gasteiger partial charge in [0.05, 0.1) is 0 Å². The van der Waals surface area contributed by atoms with E-state index in [1.807, 2.05) is 0 Å². The van der Waals surface area contributed by atoms with E-state index in [4.69, 9.17) is 12.6 Å². The molecule has 0 aliphatic carbocycles. The molecule has 0 aromatic carbocycles. The first-order chi connectivity index (χ1) is 5.04. The van der Waals surface area contributed by atoms with Gasteiger partial charge in [0.15, 0.2) is 0 Å². The highest BCUT2D eigenvalue weighted by molar-refractivity contribution is 7.81. The molecule has 0 aliphatic heterocycles. The van der Waals surface area contributed by atoms with Crippen LogP contribution < -0.4 is 0 Å². The monoisotopic (exact) mass is 174 g/mol. The molecule has 0 rings (SSSR count). The Morgan fingerprint density at radius 1 is 1.27 bits per heavy atom. The molecular formula is C10H22S. The molecule has 0 aromatic rings. The quantitative estimate of drug-likeness (QED) is 0.600. The highest BCUT2D eigenvalue weighted by atomic mass is 32.1. The molecule has 1 heteroatoms. The van der Waals surface area contributed by atoms with Gasteiger partial charge in [-0.15, -0.1) is 0 Å². The second-order valence-electron chi connectivity index (χ2n) is 3.80. The predicted octanol–water partition coefficient (Wildman–Crippen LogP) is 3.91. The summed E-state index contributed by atoms with van der Waals surface area (Å²) in [6.07, 6.45) is 5.06. The zero-order valence-electron chi connectivity index (χ0n) is 8.35. The fourth-order valence-corrected chi connectivity index (χ4v) is 1.85. The minimum absolute atomic E-state index is 0.255. The molecule has 2 unspecified atom stereocenters. The second-order valence-corrected chi connectivity index (χ2v) is 4.82. The third-order valence-electron chi connectivity index (χ3n) is 2.54. The van der Waals surface area contributed by atoms with Gasteiger partial charge in [0.25, 0.3) is 0 Å². The van der Waals surface area contributed by atoms with Gasteiger partial charge in [-0.1, -0.05) is 40.5 Å². The normalized spacial score (nSPS) is 19.4. The second kappa shape index (κ2) is 5.08. The first-order valence-corrected chi connectivity index (χ1v) is 5.21. The molecule has 11 heavy (non-hydrogen) atoms. The van der Waals surface area contributed by atoms with Crippen molar-refractivity contribution < 1.29 is 0 Å². The van der Waals surface area contributed by atoms with Crippen LogP contribution in [-0.4, -0.2) is 4.75 Å². The molecule has 0 heterocycles. The van der Waals surface area contributed by atoms with Crippen LogP contribution in [0.5, 0.6) is 0 Å². The summed E-state index contributed by atoms with van der Waals surface area (Å²) in [5, 5.41) is 0. The van der Waals surface area contributed by atoms with Gasteiger partial charge in [0, 0.05) is 4.75 Å². The van der Waals surface area contributed by atoms with Crippen molar-refractivity contribution in [1.29, 1.82) is 0 Å². The fraction of sp³-hybridized carbons (Fsp3) is 1.00. The third kappa shape index (κ3) is 4.05. The SMILES string of the molecule is CCCC(C)C(C)(S)CCC. The molecule has 0 amide bonds. The van der Waals surface area contributed by atoms with Crippen molar-refractivity contribution in [3.8, 4) is 0 Å². The summed E-state index contributed by atoms with van der Waals surface area (Å²) in [6, 6.07) is 0. The lowest BCUT2D eigenvalue weighted by atomic mass is 9.87. The number of hydrogen-bond donors (Lipinski definition) is 1. The minimum Gasteiger partial charge on any atom is -0.173 e. The van der Waals surface area contributed by atoms with E-state index >= 15 is 0 Å². The summed E-state index contributed by atoms with van der Waals surface area (Å²) < 4.78 is 0.255. The lowest BCUT2D eigenvalue weighted by Gasteiger charge is -2.30. The molecule has 0 bridgehead atoms. The topological polar surface area (TPSA) is 0 Å². The van der Waals surface area contributed by atoms with Gasteiger partial charge in [-0.3, -0.25) is 0 Å². The summed E-state index contributed by atoms with van der Waals surface area (Å²) in [6.45, 7) is 9.05. The van der Waals surface area contributed by atoms with Gasteiger partial charge >= 0.3 is 0 Å². The number of thiol groups is 1. The Labute approximate surface area is 77.2 Å². The lowest BCUT2D eigenvalue weighted by Crippen LogP contribution is -2.25. The number of hydrogen-bond acceptors (Lipinski definition) is 1. The molecule has 0 fully saturated rings. The summed E-state index contributed by atoms with van der Waals surface area (Å²) >= 11 is 4.70. The third-order valence-corrected chi connectivity index (χ3v) is 3.20. The Morgan fingerprint density at radius 3 is 2.18 bits per heavy atom. The molecule has 0 aromatic heterocycles. The Kier molecular flexibility index (Phi) is 5.24. The molecule has 0 radical (unpaired) electrons. The van der Waals surface area contributed by atoms with E-state index in [0.29, 0.717) is 0 Å². The fourth-order valence-electron chi connectivity index (χ4n) is 1.50. The molecule has 0 spiro atoms. The van der Waals surface area contributed by atoms with Gasteiger partial charge < -0.3 is 0 Å². The molecule has 0 aliphatic rings. The van der Waals surface area contributed by atoms with Crippen LogP contribution >= 0.6 is 12.6 Å². The van der Waals surface area contributed by atoms with Gasteiger partial charge in [0.2, 0.25) is 0 Å². The average molecular weight is 174 g/mol. The molecule has 68 valence electrons. The van der Waals surface area contributed by atoms with E-state index in [1.165, 1.54) is 25.7 Å². The Morgan fingerprint density at radius 2 is 1.82 bits per heavy atom. The van der Waals surface area contributed by atoms with Gasteiger partial charge in [-0.2, -0.15) is 12.6 Å². The van der Waals surface area contributed by atoms with E-state index < -0.39 is 0 Å². The van der Waals surface area contributed by atoms with E-state index in [2.05, 4.69) is 27.7 Å². The average Bonchev–Trinajstić information content (AvgIpc) is 1.88. The molecular weight excluding hydrogens is 152 g/mol. The van der Waals surface area contributed by atoms with Crippen molar-refractivity contribution in [1.82, 2.24) is 0 Å². The van der Waals surface area contributed by atoms with Gasteiger partial charge in [0.1, 0.15) is 0 Å². The van der Waals surface area contributed by atoms with Crippen LogP contribution in [0.1, 0.15) is 53.4 Å². The summed E-state index contributed by atoms with van der Waals surface area (Å²) in [4.78, 5) is 0. The molecule has 0 nitrogen and oxygen atoms in total. The van der Waals surface area contributed by atoms with Crippen molar-refractivity contribution >= 4 is 12.6 Å². The minimum atomic E-state index is 0.255. The predicted molar refractivity (Wildman–Crippen MR) is 56.4 cm³/mol. The standard InChI is InChI=1S/C10H22S/c1-5-7-9(3)10(4,11)8-6-2/h9,11H,5-8H2,1-4H3. The Hall–Kier alpha value is 0.350. The van der Waals surface area contributed by atoms with Crippen molar-refractivity contribution in [2.75, 3.05) is 0 Å². The maximum Gasteiger partial charge on any atom is 0.0127 e. The van der Waals surface area contributed by atoms with Crippen LogP contribution in [0.25, 0.3) is 0 Å². The summed E-state index contributed by atoms with van der Waals surface area (Å²) in [5.41, 5.74) is 0. The molecule has 0 saturated heterocycles. The highest BCUT2D eigenvalue weighted by Crippen LogP contribution is 2.32. The largest absolute Gasteiger partial charge is 0.173 e. The van der Waals surface area contributed by atoms with Crippen LogP contribution in [0.3, 0.4) is 0 Å². The van der Waals surface area contributed by atoms with Crippen LogP contribution in [0.2, 0.25) is 0 Å². The molecule has 0 N–H and O–H groups in total. The van der Waals surface area contributed by atoms with Crippen molar-refractivity contribution in [3.05, 3.63) is 0 Å². The molecule has 0 saturated carbocycles. The van der Waals surface area contributed by atoms with E-state index in [9.17, 15) is 0 Å². The first kappa shape index (κ1) is 11.4. The first-order valence-electron chi connectivity index (χ1n) is 4.77. The van der Waals surface area contributed by atoms with Crippen molar-refractivity contribution in [2.24, 2.45) is 5.92 Å². The number of rotatable bonds is 5. The van der Waals surface area contributed by atoms with Crippen LogP contribution in [0.4, 0.5) is 0 Å². The van der Waals surface area contributed by atoms with Crippen LogP contribution in [-0.2, 0) is 0 Å². The van der Waals surface area contributed by atoms with E-state index in [-0.39, 0.29) is 4.75 Å². The van der Waals surface area contributed by atoms with E-state index in [0.717, 1.165) is 5.92 Å². The maximum atomic E-state index is 4.70. The zero-order chi connectivity index (χ0) is 8.91. The van der Waals surface area contributed by atoms with Crippen molar-refractivity contribution in [2.45, 2.75) is 58.1 Å². The zero-order valence-corrected chi connectivity index (χ0v) is 9.25. The van der Waals surface area contributed by atoms with Gasteiger partial charge in [-0.05, 0) is 18.8 Å². The summed E-state index contributed by atoms with van der Waals surface area (Å²) in [7, 11) is 0. The van der Waals surface area contributed by atoms with Crippen LogP contribution in [0.15, 0.2) is 0 Å². The molecule has 2 atom stereocenters. The Bertz CT molecular complexity index is 97.0. The summed E-state index contributed by atoms with van der Waals surface area (Å²) in [5.74, 6) is 0.746. The smallest absolute Gasteiger partial charge is 0.0127 e. The van der Waals surface area contributed by atoms with Gasteiger partial charge in [-0.25, -0.2) is 0 Å². The maximum absolute atomic E-state index is 4.70. The Balaban J connectivity index is 3.83. The van der Waals surface area contributed by atoms with E-state index in [1.54, 1.807) is 0 Å². The van der Waals surface area contributed by atoms with Crippen LogP contribution in [0, 0.1) is 5.92 Å². The lowest BCUT2D eigenvalue weighted by molar-refractivity contribution is 0.381. The highest BCUT2D eigenvalue weighted by Gasteiger charge is 2.24. The van der Waals surface area contributed by atoms with Crippen molar-refractivity contribution in [3.63, 3.8) is 0 Å².